The Balaban J connectivity index is 1.91. The molecule has 3 aromatic rings. The number of nitro benzene ring substituents is 1. The summed E-state index contributed by atoms with van der Waals surface area (Å²) in [6.07, 6.45) is 1.40. The number of carbonyl (C=O) groups is 2. The maximum Gasteiger partial charge on any atom is 0.348 e. The van der Waals surface area contributed by atoms with Gasteiger partial charge in [0, 0.05) is 29.3 Å². The topological polar surface area (TPSA) is 144 Å². The number of esters is 2. The normalized spacial score (nSPS) is 11.0. The predicted octanol–water partition coefficient (Wildman–Crippen LogP) is 5.42. The van der Waals surface area contributed by atoms with Gasteiger partial charge in [0.15, 0.2) is 0 Å². The number of nitrogens with zero attached hydrogens (tertiary/aromatic N) is 3. The molecule has 0 amide bonds. The van der Waals surface area contributed by atoms with Gasteiger partial charge in [0.25, 0.3) is 5.69 Å². The fourth-order valence-electron chi connectivity index (χ4n) is 3.02. The number of aromatic nitrogens is 1. The van der Waals surface area contributed by atoms with Crippen LogP contribution in [0.4, 0.5) is 10.7 Å². The summed E-state index contributed by atoms with van der Waals surface area (Å²) in [6.45, 7) is 5.34. The molecule has 0 aliphatic heterocycles. The zero-order valence-corrected chi connectivity index (χ0v) is 20.6. The minimum atomic E-state index is -0.596. The van der Waals surface area contributed by atoms with E-state index in [1.807, 2.05) is 0 Å². The van der Waals surface area contributed by atoms with E-state index in [0.717, 1.165) is 11.3 Å². The third-order valence-electron chi connectivity index (χ3n) is 4.66. The van der Waals surface area contributed by atoms with Gasteiger partial charge in [0.05, 0.1) is 29.4 Å². The number of nitrogens with one attached hydrogen (secondary N) is 1. The summed E-state index contributed by atoms with van der Waals surface area (Å²) in [5.41, 5.74) is 2.01. The minimum Gasteiger partial charge on any atom is -0.462 e. The lowest BCUT2D eigenvalue weighted by Crippen LogP contribution is -2.09. The monoisotopic (exact) mass is 512 g/mol. The molecule has 0 atom stereocenters. The van der Waals surface area contributed by atoms with Crippen LogP contribution in [-0.2, 0) is 9.47 Å². The van der Waals surface area contributed by atoms with Crippen LogP contribution in [0.1, 0.15) is 44.4 Å². The van der Waals surface area contributed by atoms with Crippen molar-refractivity contribution in [1.82, 2.24) is 4.98 Å². The summed E-state index contributed by atoms with van der Waals surface area (Å²) >= 11 is 2.25. The second-order valence-electron chi connectivity index (χ2n) is 6.86. The highest BCUT2D eigenvalue weighted by Crippen LogP contribution is 2.35. The number of allylic oxidation sites excluding steroid dienone is 1. The molecule has 0 fully saturated rings. The molecule has 0 saturated carbocycles. The molecular formula is C23H20N4O6S2. The molecule has 3 rings (SSSR count). The van der Waals surface area contributed by atoms with Gasteiger partial charge in [0.2, 0.25) is 0 Å². The quantitative estimate of drug-likeness (QED) is 0.172. The van der Waals surface area contributed by atoms with Crippen molar-refractivity contribution in [2.24, 2.45) is 0 Å². The van der Waals surface area contributed by atoms with Crippen molar-refractivity contribution in [3.63, 3.8) is 0 Å². The first-order chi connectivity index (χ1) is 16.8. The number of carbonyl (C=O) groups excluding carboxylic acids is 2. The number of benzene rings is 1. The van der Waals surface area contributed by atoms with Crippen LogP contribution in [0, 0.1) is 28.4 Å². The van der Waals surface area contributed by atoms with Crippen molar-refractivity contribution in [2.45, 2.75) is 20.8 Å². The Morgan fingerprint density at radius 3 is 2.46 bits per heavy atom. The number of thiophene rings is 1. The molecule has 0 radical (unpaired) electrons. The lowest BCUT2D eigenvalue weighted by atomic mass is 10.1. The highest BCUT2D eigenvalue weighted by Gasteiger charge is 2.26. The molecule has 1 N–H and O–H groups in total. The first kappa shape index (κ1) is 25.5. The third-order valence-corrected chi connectivity index (χ3v) is 6.74. The number of rotatable bonds is 9. The van der Waals surface area contributed by atoms with Gasteiger partial charge in [-0.05, 0) is 38.5 Å². The van der Waals surface area contributed by atoms with Crippen LogP contribution in [0.3, 0.4) is 0 Å². The largest absolute Gasteiger partial charge is 0.462 e. The van der Waals surface area contributed by atoms with Crippen molar-refractivity contribution in [1.29, 1.82) is 5.26 Å². The van der Waals surface area contributed by atoms with Crippen LogP contribution >= 0.6 is 22.7 Å². The SMILES string of the molecule is CCOC(=O)c1sc(N/C=C(/C#N)c2nc(-c3ccc([N+](=O)[O-])cc3)cs2)c(C(=O)OCC)c1C. The van der Waals surface area contributed by atoms with E-state index in [2.05, 4.69) is 16.4 Å². The van der Waals surface area contributed by atoms with Crippen LogP contribution in [0.25, 0.3) is 16.8 Å². The Kier molecular flexibility index (Phi) is 8.30. The van der Waals surface area contributed by atoms with E-state index in [1.165, 1.54) is 29.7 Å². The lowest BCUT2D eigenvalue weighted by molar-refractivity contribution is -0.384. The molecule has 12 heteroatoms. The highest BCUT2D eigenvalue weighted by atomic mass is 32.1. The maximum absolute atomic E-state index is 12.5. The molecule has 1 aromatic carbocycles. The fourth-order valence-corrected chi connectivity index (χ4v) is 4.87. The van der Waals surface area contributed by atoms with Gasteiger partial charge in [-0.2, -0.15) is 5.26 Å². The van der Waals surface area contributed by atoms with Crippen molar-refractivity contribution < 1.29 is 24.0 Å². The van der Waals surface area contributed by atoms with Crippen LogP contribution in [0.15, 0.2) is 35.8 Å². The summed E-state index contributed by atoms with van der Waals surface area (Å²) < 4.78 is 10.2. The summed E-state index contributed by atoms with van der Waals surface area (Å²) in [5.74, 6) is -1.15. The third kappa shape index (κ3) is 5.71. The molecule has 10 nitrogen and oxygen atoms in total. The number of nitro groups is 1. The molecular weight excluding hydrogens is 492 g/mol. The van der Waals surface area contributed by atoms with Gasteiger partial charge in [-0.3, -0.25) is 10.1 Å². The summed E-state index contributed by atoms with van der Waals surface area (Å²) in [5, 5.41) is 26.0. The summed E-state index contributed by atoms with van der Waals surface area (Å²) in [7, 11) is 0. The van der Waals surface area contributed by atoms with Crippen LogP contribution in [0.5, 0.6) is 0 Å². The van der Waals surface area contributed by atoms with Crippen LogP contribution in [0.2, 0.25) is 0 Å². The van der Waals surface area contributed by atoms with Gasteiger partial charge < -0.3 is 14.8 Å². The van der Waals surface area contributed by atoms with Gasteiger partial charge in [-0.15, -0.1) is 22.7 Å². The lowest BCUT2D eigenvalue weighted by Gasteiger charge is -2.05. The van der Waals surface area contributed by atoms with Gasteiger partial charge >= 0.3 is 11.9 Å². The van der Waals surface area contributed by atoms with Crippen LogP contribution in [-0.4, -0.2) is 35.1 Å². The maximum atomic E-state index is 12.5. The average molecular weight is 513 g/mol. The zero-order valence-electron chi connectivity index (χ0n) is 19.0. The molecule has 2 heterocycles. The van der Waals surface area contributed by atoms with E-state index >= 15 is 0 Å². The Labute approximate surface area is 208 Å². The first-order valence-electron chi connectivity index (χ1n) is 10.4. The average Bonchev–Trinajstić information content (AvgIpc) is 3.45. The molecule has 35 heavy (non-hydrogen) atoms. The molecule has 2 aromatic heterocycles. The Morgan fingerprint density at radius 2 is 1.86 bits per heavy atom. The van der Waals surface area contributed by atoms with E-state index in [1.54, 1.807) is 38.3 Å². The summed E-state index contributed by atoms with van der Waals surface area (Å²) in [4.78, 5) is 40.0. The zero-order chi connectivity index (χ0) is 25.5. The molecule has 180 valence electrons. The second-order valence-corrected chi connectivity index (χ2v) is 8.74. The highest BCUT2D eigenvalue weighted by molar-refractivity contribution is 7.18. The summed E-state index contributed by atoms with van der Waals surface area (Å²) in [6, 6.07) is 8.01. The van der Waals surface area contributed by atoms with Crippen LogP contribution < -0.4 is 5.32 Å². The van der Waals surface area contributed by atoms with Gasteiger partial charge in [0.1, 0.15) is 26.5 Å². The van der Waals surface area contributed by atoms with E-state index in [9.17, 15) is 25.0 Å². The van der Waals surface area contributed by atoms with Crippen molar-refractivity contribution in [3.05, 3.63) is 67.0 Å². The predicted molar refractivity (Wildman–Crippen MR) is 132 cm³/mol. The molecule has 0 spiro atoms. The van der Waals surface area contributed by atoms with Crippen molar-refractivity contribution in [3.8, 4) is 17.3 Å². The number of nitriles is 1. The fraction of sp³-hybridized carbons (Fsp3) is 0.217. The van der Waals surface area contributed by atoms with Gasteiger partial charge in [-0.1, -0.05) is 0 Å². The van der Waals surface area contributed by atoms with E-state index in [0.29, 0.717) is 26.8 Å². The van der Waals surface area contributed by atoms with Crippen molar-refractivity contribution in [2.75, 3.05) is 18.5 Å². The number of non-ortho nitro benzene ring substituents is 1. The second kappa shape index (κ2) is 11.4. The Hall–Kier alpha value is -4.08. The smallest absolute Gasteiger partial charge is 0.348 e. The molecule has 0 unspecified atom stereocenters. The number of anilines is 1. The van der Waals surface area contributed by atoms with Gasteiger partial charge in [-0.25, -0.2) is 14.6 Å². The molecule has 0 saturated heterocycles. The van der Waals surface area contributed by atoms with E-state index < -0.39 is 16.9 Å². The first-order valence-corrected chi connectivity index (χ1v) is 12.0. The van der Waals surface area contributed by atoms with E-state index in [4.69, 9.17) is 9.47 Å². The van der Waals surface area contributed by atoms with Crippen molar-refractivity contribution >= 4 is 50.9 Å². The number of thiazole rings is 1. The number of hydrogen-bond acceptors (Lipinski definition) is 11. The molecule has 0 bridgehead atoms. The van der Waals surface area contributed by atoms with E-state index in [-0.39, 0.29) is 34.9 Å². The Morgan fingerprint density at radius 1 is 1.20 bits per heavy atom. The number of hydrogen-bond donors (Lipinski definition) is 1. The number of ether oxygens (including phenoxy) is 2. The standard InChI is InChI=1S/C23H20N4O6S2/c1-4-32-22(28)18-13(3)19(23(29)33-5-2)35-21(18)25-11-15(10-24)20-26-17(12-34-20)14-6-8-16(9-7-14)27(30)31/h6-9,11-12,25H,4-5H2,1-3H3/b15-11-. The Bertz CT molecular complexity index is 1330. The molecule has 0 aliphatic rings. The molecule has 0 aliphatic carbocycles. The minimum absolute atomic E-state index is 0.0307.